The van der Waals surface area contributed by atoms with Gasteiger partial charge in [-0.05, 0) is 53.0 Å². The van der Waals surface area contributed by atoms with Crippen molar-refractivity contribution in [2.24, 2.45) is 0 Å². The maximum Gasteiger partial charge on any atom is 0.137 e. The monoisotopic (exact) mass is 335 g/mol. The fourth-order valence-corrected chi connectivity index (χ4v) is 4.00. The van der Waals surface area contributed by atoms with Gasteiger partial charge in [-0.25, -0.2) is 0 Å². The fraction of sp³-hybridized carbons (Fsp3) is 0.200. The van der Waals surface area contributed by atoms with Crippen molar-refractivity contribution >= 4 is 38.2 Å². The number of benzene rings is 1. The Labute approximate surface area is 124 Å². The van der Waals surface area contributed by atoms with Gasteiger partial charge in [-0.15, -0.1) is 11.3 Å². The molecule has 98 valence electrons. The van der Waals surface area contributed by atoms with Gasteiger partial charge in [-0.3, -0.25) is 0 Å². The van der Waals surface area contributed by atoms with E-state index in [4.69, 9.17) is 4.42 Å². The third-order valence-electron chi connectivity index (χ3n) is 3.24. The Hall–Kier alpha value is -1.10. The second kappa shape index (κ2) is 5.12. The molecule has 1 atom stereocenters. The average Bonchev–Trinajstić information content (AvgIpc) is 2.99. The molecule has 1 aromatic carbocycles. The average molecular weight is 336 g/mol. The largest absolute Gasteiger partial charge is 0.459 e. The predicted octanol–water partition coefficient (Wildman–Crippen LogP) is 4.87. The molecule has 2 aromatic heterocycles. The third-order valence-corrected chi connectivity index (χ3v) is 5.18. The van der Waals surface area contributed by atoms with Crippen molar-refractivity contribution in [3.63, 3.8) is 0 Å². The lowest BCUT2D eigenvalue weighted by Gasteiger charge is -2.12. The molecule has 0 bridgehead atoms. The molecule has 2 heterocycles. The van der Waals surface area contributed by atoms with E-state index in [1.807, 2.05) is 7.05 Å². The van der Waals surface area contributed by atoms with Crippen LogP contribution in [-0.2, 0) is 0 Å². The highest BCUT2D eigenvalue weighted by Gasteiger charge is 2.20. The number of thiophene rings is 1. The van der Waals surface area contributed by atoms with Crippen LogP contribution in [0.1, 0.15) is 22.2 Å². The van der Waals surface area contributed by atoms with Gasteiger partial charge in [-0.1, -0.05) is 18.2 Å². The summed E-state index contributed by atoms with van der Waals surface area (Å²) in [5.74, 6) is 0.954. The first-order valence-electron chi connectivity index (χ1n) is 6.10. The minimum Gasteiger partial charge on any atom is -0.459 e. The number of fused-ring (bicyclic) bond motifs is 1. The summed E-state index contributed by atoms with van der Waals surface area (Å²) in [7, 11) is 1.96. The van der Waals surface area contributed by atoms with E-state index in [9.17, 15) is 0 Å². The summed E-state index contributed by atoms with van der Waals surface area (Å²) in [5.41, 5.74) is 2.15. The Balaban J connectivity index is 2.12. The molecule has 3 aromatic rings. The standard InChI is InChI=1S/C15H14BrNOS/c1-9-4-3-5-10-8-12(18-14(9)10)13(17-2)15-11(16)6-7-19-15/h3-8,13,17H,1-2H3. The third kappa shape index (κ3) is 2.24. The molecule has 0 aliphatic carbocycles. The molecule has 0 radical (unpaired) electrons. The lowest BCUT2D eigenvalue weighted by molar-refractivity contribution is 0.493. The van der Waals surface area contributed by atoms with Crippen LogP contribution >= 0.6 is 27.3 Å². The SMILES string of the molecule is CNC(c1cc2cccc(C)c2o1)c1sccc1Br. The number of hydrogen-bond acceptors (Lipinski definition) is 3. The van der Waals surface area contributed by atoms with E-state index >= 15 is 0 Å². The second-order valence-corrected chi connectivity index (χ2v) is 6.30. The molecule has 0 saturated carbocycles. The number of para-hydroxylation sites is 1. The normalized spacial score (nSPS) is 13.0. The van der Waals surface area contributed by atoms with Gasteiger partial charge in [0, 0.05) is 14.7 Å². The van der Waals surface area contributed by atoms with E-state index in [1.165, 1.54) is 10.4 Å². The molecule has 0 saturated heterocycles. The summed E-state index contributed by atoms with van der Waals surface area (Å²) in [5, 5.41) is 6.57. The number of furan rings is 1. The smallest absolute Gasteiger partial charge is 0.137 e. The van der Waals surface area contributed by atoms with Crippen LogP contribution in [0.5, 0.6) is 0 Å². The number of aryl methyl sites for hydroxylation is 1. The molecule has 2 nitrogen and oxygen atoms in total. The zero-order chi connectivity index (χ0) is 13.4. The minimum atomic E-state index is 0.0844. The van der Waals surface area contributed by atoms with Crippen molar-refractivity contribution < 1.29 is 4.42 Å². The highest BCUT2D eigenvalue weighted by atomic mass is 79.9. The van der Waals surface area contributed by atoms with Crippen LogP contribution in [0.2, 0.25) is 0 Å². The summed E-state index contributed by atoms with van der Waals surface area (Å²) in [4.78, 5) is 1.24. The van der Waals surface area contributed by atoms with E-state index in [0.29, 0.717) is 0 Å². The van der Waals surface area contributed by atoms with Crippen LogP contribution in [-0.4, -0.2) is 7.05 Å². The lowest BCUT2D eigenvalue weighted by Crippen LogP contribution is -2.16. The van der Waals surface area contributed by atoms with Crippen LogP contribution in [0.15, 0.2) is 44.6 Å². The van der Waals surface area contributed by atoms with Crippen molar-refractivity contribution in [2.45, 2.75) is 13.0 Å². The Bertz CT molecular complexity index is 716. The van der Waals surface area contributed by atoms with Gasteiger partial charge < -0.3 is 9.73 Å². The number of halogens is 1. The summed E-state index contributed by atoms with van der Waals surface area (Å²) in [6.45, 7) is 2.07. The van der Waals surface area contributed by atoms with Gasteiger partial charge in [0.2, 0.25) is 0 Å². The van der Waals surface area contributed by atoms with Gasteiger partial charge in [0.05, 0.1) is 0 Å². The molecule has 0 amide bonds. The predicted molar refractivity (Wildman–Crippen MR) is 83.9 cm³/mol. The van der Waals surface area contributed by atoms with Crippen LogP contribution in [0.3, 0.4) is 0 Å². The first-order chi connectivity index (χ1) is 9.20. The first kappa shape index (κ1) is 12.9. The quantitative estimate of drug-likeness (QED) is 0.738. The maximum absolute atomic E-state index is 6.05. The van der Waals surface area contributed by atoms with Gasteiger partial charge in [0.1, 0.15) is 17.4 Å². The van der Waals surface area contributed by atoms with Crippen LogP contribution in [0.4, 0.5) is 0 Å². The van der Waals surface area contributed by atoms with Crippen LogP contribution in [0, 0.1) is 6.92 Å². The van der Waals surface area contributed by atoms with E-state index in [2.05, 4.69) is 63.9 Å². The van der Waals surface area contributed by atoms with Crippen molar-refractivity contribution in [1.82, 2.24) is 5.32 Å². The Kier molecular flexibility index (Phi) is 3.48. The van der Waals surface area contributed by atoms with Crippen molar-refractivity contribution in [3.8, 4) is 0 Å². The Morgan fingerprint density at radius 2 is 2.16 bits per heavy atom. The molecular weight excluding hydrogens is 322 g/mol. The molecule has 0 aliphatic heterocycles. The lowest BCUT2D eigenvalue weighted by atomic mass is 10.1. The van der Waals surface area contributed by atoms with Gasteiger partial charge >= 0.3 is 0 Å². The summed E-state index contributed by atoms with van der Waals surface area (Å²) in [6, 6.07) is 10.5. The van der Waals surface area contributed by atoms with E-state index < -0.39 is 0 Å². The fourth-order valence-electron chi connectivity index (χ4n) is 2.29. The van der Waals surface area contributed by atoms with Gasteiger partial charge in [0.25, 0.3) is 0 Å². The molecule has 19 heavy (non-hydrogen) atoms. The topological polar surface area (TPSA) is 25.2 Å². The first-order valence-corrected chi connectivity index (χ1v) is 7.77. The van der Waals surface area contributed by atoms with Gasteiger partial charge in [-0.2, -0.15) is 0 Å². The number of nitrogens with one attached hydrogen (secondary N) is 1. The van der Waals surface area contributed by atoms with Crippen LogP contribution < -0.4 is 5.32 Å². The molecule has 4 heteroatoms. The van der Waals surface area contributed by atoms with E-state index in [1.54, 1.807) is 11.3 Å². The molecule has 3 rings (SSSR count). The Morgan fingerprint density at radius 1 is 1.32 bits per heavy atom. The molecule has 0 spiro atoms. The molecule has 0 fully saturated rings. The number of hydrogen-bond donors (Lipinski definition) is 1. The van der Waals surface area contributed by atoms with Crippen molar-refractivity contribution in [1.29, 1.82) is 0 Å². The van der Waals surface area contributed by atoms with E-state index in [-0.39, 0.29) is 6.04 Å². The second-order valence-electron chi connectivity index (χ2n) is 4.50. The molecule has 0 aliphatic rings. The van der Waals surface area contributed by atoms with E-state index in [0.717, 1.165) is 21.2 Å². The zero-order valence-corrected chi connectivity index (χ0v) is 13.1. The summed E-state index contributed by atoms with van der Waals surface area (Å²) < 4.78 is 7.17. The molecule has 1 N–H and O–H groups in total. The molecule has 1 unspecified atom stereocenters. The summed E-state index contributed by atoms with van der Waals surface area (Å²) >= 11 is 5.31. The molecular formula is C15H14BrNOS. The van der Waals surface area contributed by atoms with Gasteiger partial charge in [0.15, 0.2) is 0 Å². The highest BCUT2D eigenvalue weighted by molar-refractivity contribution is 9.10. The Morgan fingerprint density at radius 3 is 2.79 bits per heavy atom. The van der Waals surface area contributed by atoms with Crippen molar-refractivity contribution in [3.05, 3.63) is 56.4 Å². The number of rotatable bonds is 3. The maximum atomic E-state index is 6.05. The van der Waals surface area contributed by atoms with Crippen LogP contribution in [0.25, 0.3) is 11.0 Å². The minimum absolute atomic E-state index is 0.0844. The zero-order valence-electron chi connectivity index (χ0n) is 10.7. The van der Waals surface area contributed by atoms with Crippen molar-refractivity contribution in [2.75, 3.05) is 7.05 Å². The summed E-state index contributed by atoms with van der Waals surface area (Å²) in [6.07, 6.45) is 0. The highest BCUT2D eigenvalue weighted by Crippen LogP contribution is 2.35.